The van der Waals surface area contributed by atoms with Crippen molar-refractivity contribution in [2.75, 3.05) is 7.11 Å². The van der Waals surface area contributed by atoms with Crippen molar-refractivity contribution in [1.82, 2.24) is 4.90 Å². The van der Waals surface area contributed by atoms with E-state index in [9.17, 15) is 14.7 Å². The molecule has 0 radical (unpaired) electrons. The maximum atomic E-state index is 12.7. The molecular weight excluding hydrogens is 386 g/mol. The van der Waals surface area contributed by atoms with Crippen molar-refractivity contribution in [3.63, 3.8) is 0 Å². The number of carbonyl (C=O) groups is 2. The number of carboxylic acids is 1. The molecule has 1 aliphatic rings. The lowest BCUT2D eigenvalue weighted by molar-refractivity contribution is -0.311. The van der Waals surface area contributed by atoms with Crippen LogP contribution in [0.3, 0.4) is 0 Å². The quantitative estimate of drug-likeness (QED) is 0.506. The summed E-state index contributed by atoms with van der Waals surface area (Å²) >= 11 is 6.31. The van der Waals surface area contributed by atoms with Crippen LogP contribution in [-0.2, 0) is 9.59 Å². The molecule has 0 saturated carbocycles. The Bertz CT molecular complexity index is 788. The van der Waals surface area contributed by atoms with E-state index in [2.05, 4.69) is 0 Å². The minimum Gasteiger partial charge on any atom is -0.548 e. The molecule has 0 aromatic heterocycles. The van der Waals surface area contributed by atoms with E-state index in [0.717, 1.165) is 22.2 Å². The number of hydrogen-bond acceptors (Lipinski definition) is 7. The first-order valence-corrected chi connectivity index (χ1v) is 9.70. The SMILES string of the molecule is COc1cc(/C=C2/SC(=S)N([C@@H](C(=O)[O-])C(C)C)C2=O)ccc1OC(C)C. The molecule has 1 aliphatic heterocycles. The Balaban J connectivity index is 2.33. The standard InChI is InChI=1S/C19H23NO5S2/c1-10(2)16(18(22)23)20-17(21)15(27-19(20)26)9-12-6-7-13(25-11(3)4)14(8-12)24-5/h6-11,16H,1-5H3,(H,22,23)/p-1/b15-9+/t16-/m1/s1. The third-order valence-corrected chi connectivity index (χ3v) is 5.15. The summed E-state index contributed by atoms with van der Waals surface area (Å²) < 4.78 is 11.2. The monoisotopic (exact) mass is 408 g/mol. The number of thioether (sulfide) groups is 1. The zero-order valence-corrected chi connectivity index (χ0v) is 17.5. The Morgan fingerprint density at radius 1 is 1.26 bits per heavy atom. The van der Waals surface area contributed by atoms with Gasteiger partial charge in [-0.05, 0) is 43.5 Å². The van der Waals surface area contributed by atoms with E-state index in [4.69, 9.17) is 21.7 Å². The van der Waals surface area contributed by atoms with Gasteiger partial charge < -0.3 is 19.4 Å². The number of nitrogens with zero attached hydrogens (tertiary/aromatic N) is 1. The average Bonchev–Trinajstić information content (AvgIpc) is 2.83. The minimum atomic E-state index is -1.32. The van der Waals surface area contributed by atoms with Crippen LogP contribution in [0.5, 0.6) is 11.5 Å². The molecule has 0 N–H and O–H groups in total. The van der Waals surface area contributed by atoms with Gasteiger partial charge in [0.05, 0.1) is 30.1 Å². The smallest absolute Gasteiger partial charge is 0.266 e. The number of hydrogen-bond donors (Lipinski definition) is 0. The Labute approximate surface area is 168 Å². The molecule has 27 heavy (non-hydrogen) atoms. The van der Waals surface area contributed by atoms with Gasteiger partial charge in [0, 0.05) is 0 Å². The van der Waals surface area contributed by atoms with Crippen LogP contribution in [0.2, 0.25) is 0 Å². The van der Waals surface area contributed by atoms with Crippen LogP contribution in [-0.4, -0.2) is 40.4 Å². The molecule has 0 bridgehead atoms. The van der Waals surface area contributed by atoms with Gasteiger partial charge in [-0.15, -0.1) is 0 Å². The lowest BCUT2D eigenvalue weighted by Crippen LogP contribution is -2.52. The largest absolute Gasteiger partial charge is 0.548 e. The van der Waals surface area contributed by atoms with Gasteiger partial charge in [-0.1, -0.05) is 43.9 Å². The molecule has 1 fully saturated rings. The normalized spacial score (nSPS) is 17.1. The number of amides is 1. The predicted octanol–water partition coefficient (Wildman–Crippen LogP) is 2.46. The van der Waals surface area contributed by atoms with Gasteiger partial charge in [0.25, 0.3) is 5.91 Å². The van der Waals surface area contributed by atoms with Crippen LogP contribution in [0.15, 0.2) is 23.1 Å². The second kappa shape index (κ2) is 8.75. The molecule has 8 heteroatoms. The summed E-state index contributed by atoms with van der Waals surface area (Å²) in [6.45, 7) is 7.25. The van der Waals surface area contributed by atoms with E-state index in [1.165, 1.54) is 0 Å². The van der Waals surface area contributed by atoms with Crippen LogP contribution in [0, 0.1) is 5.92 Å². The summed E-state index contributed by atoms with van der Waals surface area (Å²) in [6.07, 6.45) is 1.66. The van der Waals surface area contributed by atoms with Crippen LogP contribution in [0.1, 0.15) is 33.3 Å². The second-order valence-electron chi connectivity index (χ2n) is 6.64. The zero-order chi connectivity index (χ0) is 20.3. The van der Waals surface area contributed by atoms with E-state index in [-0.39, 0.29) is 16.3 Å². The maximum Gasteiger partial charge on any atom is 0.266 e. The minimum absolute atomic E-state index is 0.00130. The fourth-order valence-corrected chi connectivity index (χ4v) is 4.00. The lowest BCUT2D eigenvalue weighted by Gasteiger charge is -2.30. The Hall–Kier alpha value is -2.06. The Kier molecular flexibility index (Phi) is 6.89. The van der Waals surface area contributed by atoms with Crippen LogP contribution >= 0.6 is 24.0 Å². The van der Waals surface area contributed by atoms with Crippen molar-refractivity contribution in [2.45, 2.75) is 39.8 Å². The first kappa shape index (κ1) is 21.2. The Morgan fingerprint density at radius 3 is 2.44 bits per heavy atom. The molecule has 6 nitrogen and oxygen atoms in total. The van der Waals surface area contributed by atoms with Gasteiger partial charge in [-0.3, -0.25) is 9.69 Å². The molecule has 1 saturated heterocycles. The highest BCUT2D eigenvalue weighted by Gasteiger charge is 2.39. The predicted molar refractivity (Wildman–Crippen MR) is 107 cm³/mol. The van der Waals surface area contributed by atoms with Gasteiger partial charge in [-0.25, -0.2) is 0 Å². The molecule has 1 aromatic rings. The second-order valence-corrected chi connectivity index (χ2v) is 8.31. The summed E-state index contributed by atoms with van der Waals surface area (Å²) in [5, 5.41) is 11.5. The molecule has 1 heterocycles. The maximum absolute atomic E-state index is 12.7. The van der Waals surface area contributed by atoms with Gasteiger partial charge in [-0.2, -0.15) is 0 Å². The van der Waals surface area contributed by atoms with Gasteiger partial charge >= 0.3 is 0 Å². The van der Waals surface area contributed by atoms with Crippen molar-refractivity contribution in [3.05, 3.63) is 28.7 Å². The van der Waals surface area contributed by atoms with Crippen LogP contribution in [0.25, 0.3) is 6.08 Å². The third-order valence-electron chi connectivity index (χ3n) is 3.82. The average molecular weight is 409 g/mol. The number of carboxylic acid groups (broad SMARTS) is 1. The molecular formula is C19H22NO5S2-. The van der Waals surface area contributed by atoms with Gasteiger partial charge in [0.15, 0.2) is 11.5 Å². The molecule has 0 unspecified atom stereocenters. The summed E-state index contributed by atoms with van der Waals surface area (Å²) in [6, 6.07) is 4.22. The highest BCUT2D eigenvalue weighted by atomic mass is 32.2. The first-order valence-electron chi connectivity index (χ1n) is 8.48. The van der Waals surface area contributed by atoms with Crippen molar-refractivity contribution in [3.8, 4) is 11.5 Å². The number of carbonyl (C=O) groups excluding carboxylic acids is 2. The lowest BCUT2D eigenvalue weighted by atomic mass is 10.0. The van der Waals surface area contributed by atoms with E-state index < -0.39 is 17.9 Å². The fraction of sp³-hybridized carbons (Fsp3) is 0.421. The third kappa shape index (κ3) is 4.81. The Morgan fingerprint density at radius 2 is 1.93 bits per heavy atom. The highest BCUT2D eigenvalue weighted by Crippen LogP contribution is 2.36. The molecule has 146 valence electrons. The molecule has 0 aliphatic carbocycles. The molecule has 0 spiro atoms. The van der Waals surface area contributed by atoms with Crippen molar-refractivity contribution in [2.24, 2.45) is 5.92 Å². The van der Waals surface area contributed by atoms with Crippen molar-refractivity contribution in [1.29, 1.82) is 0 Å². The number of ether oxygens (including phenoxy) is 2. The van der Waals surface area contributed by atoms with E-state index in [1.807, 2.05) is 13.8 Å². The molecule has 2 rings (SSSR count). The van der Waals surface area contributed by atoms with Crippen molar-refractivity contribution >= 4 is 46.3 Å². The molecule has 1 aromatic carbocycles. The zero-order valence-electron chi connectivity index (χ0n) is 15.8. The number of methoxy groups -OCH3 is 1. The summed E-state index contributed by atoms with van der Waals surface area (Å²) in [5.74, 6) is -0.935. The fourth-order valence-electron chi connectivity index (χ4n) is 2.67. The number of aliphatic carboxylic acids is 1. The highest BCUT2D eigenvalue weighted by molar-refractivity contribution is 8.26. The van der Waals surface area contributed by atoms with Crippen LogP contribution < -0.4 is 14.6 Å². The molecule has 1 atom stereocenters. The van der Waals surface area contributed by atoms with E-state index >= 15 is 0 Å². The van der Waals surface area contributed by atoms with Gasteiger partial charge in [0.1, 0.15) is 4.32 Å². The summed E-state index contributed by atoms with van der Waals surface area (Å²) in [4.78, 5) is 25.7. The topological polar surface area (TPSA) is 78.9 Å². The first-order chi connectivity index (χ1) is 12.6. The summed E-state index contributed by atoms with van der Waals surface area (Å²) in [5.41, 5.74) is 0.720. The number of rotatable bonds is 7. The van der Waals surface area contributed by atoms with Gasteiger partial charge in [0.2, 0.25) is 0 Å². The number of thiocarbonyl (C=S) groups is 1. The summed E-state index contributed by atoms with van der Waals surface area (Å²) in [7, 11) is 1.54. The van der Waals surface area contributed by atoms with E-state index in [0.29, 0.717) is 16.4 Å². The van der Waals surface area contributed by atoms with Crippen molar-refractivity contribution < 1.29 is 24.2 Å². The molecule has 1 amide bonds. The van der Waals surface area contributed by atoms with E-state index in [1.54, 1.807) is 45.2 Å². The van der Waals surface area contributed by atoms with Crippen LogP contribution in [0.4, 0.5) is 0 Å². The number of benzene rings is 1.